The Morgan fingerprint density at radius 1 is 1.19 bits per heavy atom. The van der Waals surface area contributed by atoms with Gasteiger partial charge in [0, 0.05) is 10.2 Å². The molecule has 0 heterocycles. The highest BCUT2D eigenvalue weighted by Crippen LogP contribution is 2.37. The standard InChI is InChI=1S/C25H20BrClN2O3/c1-16-6-8-17(9-7-16)15-32-24-22(27)11-18(12-23(24)31-2)10-19(14-28)25(30)29-21-5-3-4-20(26)13-21/h3-13H,15H2,1-2H3,(H,29,30)/b19-10-. The second-order valence-electron chi connectivity index (χ2n) is 6.94. The third kappa shape index (κ3) is 6.13. The van der Waals surface area contributed by atoms with E-state index < -0.39 is 5.91 Å². The van der Waals surface area contributed by atoms with Crippen LogP contribution in [0.25, 0.3) is 6.08 Å². The second-order valence-corrected chi connectivity index (χ2v) is 8.27. The van der Waals surface area contributed by atoms with Crippen LogP contribution in [0, 0.1) is 18.3 Å². The van der Waals surface area contributed by atoms with E-state index in [-0.39, 0.29) is 5.57 Å². The summed E-state index contributed by atoms with van der Waals surface area (Å²) in [5, 5.41) is 12.5. The van der Waals surface area contributed by atoms with E-state index in [0.717, 1.165) is 15.6 Å². The number of nitrogens with one attached hydrogen (secondary N) is 1. The van der Waals surface area contributed by atoms with Crippen LogP contribution in [0.2, 0.25) is 5.02 Å². The molecule has 0 aliphatic rings. The number of carbonyl (C=O) groups is 1. The highest BCUT2D eigenvalue weighted by atomic mass is 79.9. The van der Waals surface area contributed by atoms with E-state index in [2.05, 4.69) is 21.2 Å². The number of nitriles is 1. The zero-order valence-electron chi connectivity index (χ0n) is 17.5. The van der Waals surface area contributed by atoms with E-state index >= 15 is 0 Å². The van der Waals surface area contributed by atoms with Gasteiger partial charge in [0.2, 0.25) is 0 Å². The molecule has 3 aromatic rings. The first-order valence-corrected chi connectivity index (χ1v) is 10.8. The molecule has 7 heteroatoms. The highest BCUT2D eigenvalue weighted by molar-refractivity contribution is 9.10. The van der Waals surface area contributed by atoms with Crippen LogP contribution >= 0.6 is 27.5 Å². The maximum atomic E-state index is 12.5. The Hall–Kier alpha value is -3.27. The van der Waals surface area contributed by atoms with Gasteiger partial charge in [-0.1, -0.05) is 63.4 Å². The molecule has 1 amide bonds. The first-order chi connectivity index (χ1) is 15.4. The smallest absolute Gasteiger partial charge is 0.266 e. The molecule has 0 spiro atoms. The van der Waals surface area contributed by atoms with Gasteiger partial charge in [-0.2, -0.15) is 5.26 Å². The van der Waals surface area contributed by atoms with Gasteiger partial charge in [-0.15, -0.1) is 0 Å². The lowest BCUT2D eigenvalue weighted by Gasteiger charge is -2.14. The summed E-state index contributed by atoms with van der Waals surface area (Å²) in [6.07, 6.45) is 1.45. The van der Waals surface area contributed by atoms with Gasteiger partial charge in [-0.3, -0.25) is 4.79 Å². The van der Waals surface area contributed by atoms with Gasteiger partial charge in [-0.05, 0) is 54.5 Å². The predicted molar refractivity (Wildman–Crippen MR) is 130 cm³/mol. The van der Waals surface area contributed by atoms with Crippen molar-refractivity contribution in [1.82, 2.24) is 0 Å². The molecule has 5 nitrogen and oxygen atoms in total. The number of ether oxygens (including phenoxy) is 2. The summed E-state index contributed by atoms with van der Waals surface area (Å²) in [6.45, 7) is 2.34. The van der Waals surface area contributed by atoms with E-state index in [1.165, 1.54) is 13.2 Å². The number of carbonyl (C=O) groups excluding carboxylic acids is 1. The monoisotopic (exact) mass is 510 g/mol. The molecule has 0 saturated carbocycles. The van der Waals surface area contributed by atoms with Crippen LogP contribution in [0.3, 0.4) is 0 Å². The van der Waals surface area contributed by atoms with Crippen molar-refractivity contribution in [3.8, 4) is 17.6 Å². The van der Waals surface area contributed by atoms with Gasteiger partial charge in [0.25, 0.3) is 5.91 Å². The summed E-state index contributed by atoms with van der Waals surface area (Å²) < 4.78 is 12.1. The molecule has 0 aliphatic carbocycles. The van der Waals surface area contributed by atoms with Gasteiger partial charge >= 0.3 is 0 Å². The van der Waals surface area contributed by atoms with Crippen molar-refractivity contribution in [1.29, 1.82) is 5.26 Å². The maximum absolute atomic E-state index is 12.5. The van der Waals surface area contributed by atoms with Crippen molar-refractivity contribution in [2.75, 3.05) is 12.4 Å². The third-order valence-electron chi connectivity index (χ3n) is 4.51. The molecule has 162 valence electrons. The summed E-state index contributed by atoms with van der Waals surface area (Å²) in [6, 6.07) is 20.3. The second kappa shape index (κ2) is 10.9. The lowest BCUT2D eigenvalue weighted by atomic mass is 10.1. The lowest BCUT2D eigenvalue weighted by molar-refractivity contribution is -0.112. The van der Waals surface area contributed by atoms with Crippen LogP contribution in [0.4, 0.5) is 5.69 Å². The van der Waals surface area contributed by atoms with Crippen molar-refractivity contribution in [3.63, 3.8) is 0 Å². The van der Waals surface area contributed by atoms with Crippen molar-refractivity contribution in [3.05, 3.63) is 92.4 Å². The van der Waals surface area contributed by atoms with Gasteiger partial charge < -0.3 is 14.8 Å². The van der Waals surface area contributed by atoms with Crippen LogP contribution in [-0.4, -0.2) is 13.0 Å². The Balaban J connectivity index is 1.81. The van der Waals surface area contributed by atoms with E-state index in [0.29, 0.717) is 34.4 Å². The fourth-order valence-corrected chi connectivity index (χ4v) is 3.56. The lowest BCUT2D eigenvalue weighted by Crippen LogP contribution is -2.13. The topological polar surface area (TPSA) is 71.3 Å². The minimum Gasteiger partial charge on any atom is -0.493 e. The van der Waals surface area contributed by atoms with Crippen molar-refractivity contribution in [2.24, 2.45) is 0 Å². The Labute approximate surface area is 200 Å². The molecular weight excluding hydrogens is 492 g/mol. The molecule has 1 N–H and O–H groups in total. The average molecular weight is 512 g/mol. The third-order valence-corrected chi connectivity index (χ3v) is 5.29. The normalized spacial score (nSPS) is 10.9. The van der Waals surface area contributed by atoms with Crippen molar-refractivity contribution >= 4 is 45.2 Å². The number of anilines is 1. The largest absolute Gasteiger partial charge is 0.493 e. The maximum Gasteiger partial charge on any atom is 0.266 e. The Bertz CT molecular complexity index is 1200. The number of hydrogen-bond donors (Lipinski definition) is 1. The minimum absolute atomic E-state index is 0.0728. The number of amides is 1. The molecule has 0 bridgehead atoms. The van der Waals surface area contributed by atoms with Crippen LogP contribution in [0.15, 0.2) is 70.7 Å². The van der Waals surface area contributed by atoms with Crippen LogP contribution < -0.4 is 14.8 Å². The quantitative estimate of drug-likeness (QED) is 0.289. The van der Waals surface area contributed by atoms with Crippen LogP contribution in [0.5, 0.6) is 11.5 Å². The molecule has 0 atom stereocenters. The molecule has 0 radical (unpaired) electrons. The number of methoxy groups -OCH3 is 1. The Morgan fingerprint density at radius 2 is 1.94 bits per heavy atom. The van der Waals surface area contributed by atoms with E-state index in [4.69, 9.17) is 21.1 Å². The predicted octanol–water partition coefficient (Wildman–Crippen LogP) is 6.54. The molecule has 0 aromatic heterocycles. The number of halogens is 2. The van der Waals surface area contributed by atoms with E-state index in [1.54, 1.807) is 30.3 Å². The van der Waals surface area contributed by atoms with Gasteiger partial charge in [0.1, 0.15) is 18.2 Å². The van der Waals surface area contributed by atoms with Crippen molar-refractivity contribution < 1.29 is 14.3 Å². The minimum atomic E-state index is -0.527. The summed E-state index contributed by atoms with van der Waals surface area (Å²) in [5.74, 6) is 0.268. The van der Waals surface area contributed by atoms with E-state index in [9.17, 15) is 10.1 Å². The first-order valence-electron chi connectivity index (χ1n) is 9.64. The van der Waals surface area contributed by atoms with Crippen molar-refractivity contribution in [2.45, 2.75) is 13.5 Å². The molecule has 3 aromatic carbocycles. The Kier molecular flexibility index (Phi) is 7.93. The number of rotatable bonds is 7. The number of benzene rings is 3. The van der Waals surface area contributed by atoms with Gasteiger partial charge in [0.15, 0.2) is 11.5 Å². The van der Waals surface area contributed by atoms with Crippen LogP contribution in [0.1, 0.15) is 16.7 Å². The fourth-order valence-electron chi connectivity index (χ4n) is 2.88. The van der Waals surface area contributed by atoms with Gasteiger partial charge in [-0.25, -0.2) is 0 Å². The summed E-state index contributed by atoms with van der Waals surface area (Å²) in [5.41, 5.74) is 3.19. The molecular formula is C25H20BrClN2O3. The Morgan fingerprint density at radius 3 is 2.59 bits per heavy atom. The molecule has 0 saturated heterocycles. The molecule has 0 aliphatic heterocycles. The zero-order chi connectivity index (χ0) is 23.1. The molecule has 0 unspecified atom stereocenters. The van der Waals surface area contributed by atoms with Gasteiger partial charge in [0.05, 0.1) is 12.1 Å². The number of hydrogen-bond acceptors (Lipinski definition) is 4. The molecule has 3 rings (SSSR count). The summed E-state index contributed by atoms with van der Waals surface area (Å²) in [4.78, 5) is 12.5. The number of nitrogens with zero attached hydrogens (tertiary/aromatic N) is 1. The summed E-state index contributed by atoms with van der Waals surface area (Å²) >= 11 is 9.79. The first kappa shape index (κ1) is 23.4. The van der Waals surface area contributed by atoms with E-state index in [1.807, 2.05) is 43.3 Å². The van der Waals surface area contributed by atoms with Crippen LogP contribution in [-0.2, 0) is 11.4 Å². The fraction of sp³-hybridized carbons (Fsp3) is 0.120. The highest BCUT2D eigenvalue weighted by Gasteiger charge is 2.15. The summed E-state index contributed by atoms with van der Waals surface area (Å²) in [7, 11) is 1.50. The zero-order valence-corrected chi connectivity index (χ0v) is 19.8. The average Bonchev–Trinajstić information content (AvgIpc) is 2.77. The molecule has 32 heavy (non-hydrogen) atoms. The molecule has 0 fully saturated rings. The SMILES string of the molecule is COc1cc(/C=C(/C#N)C(=O)Nc2cccc(Br)c2)cc(Cl)c1OCc1ccc(C)cc1. The number of aryl methyl sites for hydroxylation is 1.